The van der Waals surface area contributed by atoms with Crippen LogP contribution in [0.2, 0.25) is 0 Å². The zero-order valence-electron chi connectivity index (χ0n) is 12.9. The quantitative estimate of drug-likeness (QED) is 0.758. The van der Waals surface area contributed by atoms with Gasteiger partial charge in [0.2, 0.25) is 0 Å². The molecule has 6 nitrogen and oxygen atoms in total. The lowest BCUT2D eigenvalue weighted by Crippen LogP contribution is -2.32. The summed E-state index contributed by atoms with van der Waals surface area (Å²) < 4.78 is 12.6. The Morgan fingerprint density at radius 3 is 2.57 bits per heavy atom. The van der Waals surface area contributed by atoms with E-state index in [1.807, 2.05) is 12.3 Å². The summed E-state index contributed by atoms with van der Waals surface area (Å²) in [5.74, 6) is 0.994. The minimum absolute atomic E-state index is 0.0928. The zero-order valence-corrected chi connectivity index (χ0v) is 13.7. The standard InChI is InChI=1S/C14H24N4O2S/c1-11(15)10-12-13(16-14-18(12)6-9-21-14)17(4-7-19-2)5-8-20-3/h6,9,11H,4-5,7-8,10,15H2,1-3H3. The molecule has 0 saturated carbocycles. The highest BCUT2D eigenvalue weighted by atomic mass is 32.1. The number of aromatic nitrogens is 2. The predicted molar refractivity (Wildman–Crippen MR) is 86.4 cm³/mol. The average Bonchev–Trinajstić information content (AvgIpc) is 3.02. The van der Waals surface area contributed by atoms with Crippen molar-refractivity contribution in [1.29, 1.82) is 0 Å². The van der Waals surface area contributed by atoms with E-state index in [1.165, 1.54) is 0 Å². The molecule has 1 unspecified atom stereocenters. The van der Waals surface area contributed by atoms with Crippen LogP contribution in [0.25, 0.3) is 4.96 Å². The van der Waals surface area contributed by atoms with Crippen LogP contribution in [0.15, 0.2) is 11.6 Å². The highest BCUT2D eigenvalue weighted by Crippen LogP contribution is 2.25. The lowest BCUT2D eigenvalue weighted by Gasteiger charge is -2.23. The highest BCUT2D eigenvalue weighted by Gasteiger charge is 2.19. The molecule has 0 aliphatic carbocycles. The van der Waals surface area contributed by atoms with Gasteiger partial charge in [0.25, 0.3) is 0 Å². The van der Waals surface area contributed by atoms with Crippen molar-refractivity contribution in [1.82, 2.24) is 9.38 Å². The average molecular weight is 312 g/mol. The molecule has 2 aromatic heterocycles. The number of nitrogens with zero attached hydrogens (tertiary/aromatic N) is 3. The molecule has 0 aliphatic heterocycles. The smallest absolute Gasteiger partial charge is 0.195 e. The summed E-state index contributed by atoms with van der Waals surface area (Å²) >= 11 is 1.64. The zero-order chi connectivity index (χ0) is 15.2. The fraction of sp³-hybridized carbons (Fsp3) is 0.643. The maximum absolute atomic E-state index is 6.01. The number of fused-ring (bicyclic) bond motifs is 1. The molecular formula is C14H24N4O2S. The second kappa shape index (κ2) is 7.74. The fourth-order valence-electron chi connectivity index (χ4n) is 2.30. The van der Waals surface area contributed by atoms with Gasteiger partial charge >= 0.3 is 0 Å². The van der Waals surface area contributed by atoms with Gasteiger partial charge in [-0.25, -0.2) is 4.98 Å². The van der Waals surface area contributed by atoms with Gasteiger partial charge in [0.05, 0.1) is 18.9 Å². The third kappa shape index (κ3) is 3.94. The van der Waals surface area contributed by atoms with E-state index in [9.17, 15) is 0 Å². The second-order valence-electron chi connectivity index (χ2n) is 5.09. The Kier molecular flexibility index (Phi) is 5.98. The third-order valence-corrected chi connectivity index (χ3v) is 4.04. The Balaban J connectivity index is 2.32. The molecule has 1 atom stereocenters. The van der Waals surface area contributed by atoms with Gasteiger partial charge in [-0.1, -0.05) is 0 Å². The van der Waals surface area contributed by atoms with Crippen molar-refractivity contribution in [2.24, 2.45) is 5.73 Å². The molecule has 2 aromatic rings. The van der Waals surface area contributed by atoms with Crippen molar-refractivity contribution >= 4 is 22.1 Å². The van der Waals surface area contributed by atoms with E-state index in [-0.39, 0.29) is 6.04 Å². The van der Waals surface area contributed by atoms with Gasteiger partial charge in [0.1, 0.15) is 0 Å². The molecule has 2 heterocycles. The molecule has 0 aliphatic rings. The first kappa shape index (κ1) is 16.2. The Morgan fingerprint density at radius 1 is 1.33 bits per heavy atom. The van der Waals surface area contributed by atoms with Crippen molar-refractivity contribution < 1.29 is 9.47 Å². The van der Waals surface area contributed by atoms with Gasteiger partial charge in [0.15, 0.2) is 10.8 Å². The van der Waals surface area contributed by atoms with E-state index < -0.39 is 0 Å². The largest absolute Gasteiger partial charge is 0.383 e. The van der Waals surface area contributed by atoms with Crippen molar-refractivity contribution in [2.75, 3.05) is 45.4 Å². The molecule has 118 valence electrons. The summed E-state index contributed by atoms with van der Waals surface area (Å²) in [4.78, 5) is 7.99. The number of hydrogen-bond acceptors (Lipinski definition) is 6. The number of anilines is 1. The fourth-order valence-corrected chi connectivity index (χ4v) is 3.02. The number of hydrogen-bond donors (Lipinski definition) is 1. The van der Waals surface area contributed by atoms with Crippen LogP contribution in [-0.4, -0.2) is 55.9 Å². The van der Waals surface area contributed by atoms with E-state index >= 15 is 0 Å². The number of imidazole rings is 1. The summed E-state index contributed by atoms with van der Waals surface area (Å²) in [5.41, 5.74) is 7.17. The molecule has 0 bridgehead atoms. The maximum Gasteiger partial charge on any atom is 0.195 e. The minimum Gasteiger partial charge on any atom is -0.383 e. The molecule has 0 aromatic carbocycles. The molecule has 0 fully saturated rings. The lowest BCUT2D eigenvalue weighted by atomic mass is 10.2. The van der Waals surface area contributed by atoms with Crippen LogP contribution in [0.1, 0.15) is 12.6 Å². The molecular weight excluding hydrogens is 288 g/mol. The highest BCUT2D eigenvalue weighted by molar-refractivity contribution is 7.15. The minimum atomic E-state index is 0.0928. The van der Waals surface area contributed by atoms with Crippen LogP contribution in [-0.2, 0) is 15.9 Å². The maximum atomic E-state index is 6.01. The molecule has 7 heteroatoms. The number of ether oxygens (including phenoxy) is 2. The van der Waals surface area contributed by atoms with Crippen LogP contribution in [0, 0.1) is 0 Å². The summed E-state index contributed by atoms with van der Waals surface area (Å²) in [5, 5.41) is 2.05. The number of rotatable bonds is 9. The van der Waals surface area contributed by atoms with Crippen LogP contribution in [0.5, 0.6) is 0 Å². The molecule has 0 amide bonds. The topological polar surface area (TPSA) is 65.0 Å². The molecule has 0 radical (unpaired) electrons. The van der Waals surface area contributed by atoms with Gasteiger partial charge < -0.3 is 20.1 Å². The van der Waals surface area contributed by atoms with E-state index in [0.29, 0.717) is 13.2 Å². The lowest BCUT2D eigenvalue weighted by molar-refractivity contribution is 0.190. The van der Waals surface area contributed by atoms with Gasteiger partial charge in [0, 0.05) is 51.3 Å². The second-order valence-corrected chi connectivity index (χ2v) is 5.96. The van der Waals surface area contributed by atoms with Crippen LogP contribution in [0.3, 0.4) is 0 Å². The molecule has 0 saturated heterocycles. The first-order chi connectivity index (χ1) is 10.2. The molecule has 21 heavy (non-hydrogen) atoms. The summed E-state index contributed by atoms with van der Waals surface area (Å²) in [6, 6.07) is 0.0928. The van der Waals surface area contributed by atoms with E-state index in [2.05, 4.69) is 15.5 Å². The number of thiazole rings is 1. The van der Waals surface area contributed by atoms with Gasteiger partial charge in [-0.05, 0) is 6.92 Å². The monoisotopic (exact) mass is 312 g/mol. The van der Waals surface area contributed by atoms with Crippen LogP contribution < -0.4 is 10.6 Å². The number of nitrogens with two attached hydrogens (primary N) is 1. The molecule has 0 spiro atoms. The Hall–Kier alpha value is -1.15. The summed E-state index contributed by atoms with van der Waals surface area (Å²) in [6.45, 7) is 4.91. The van der Waals surface area contributed by atoms with Crippen molar-refractivity contribution in [2.45, 2.75) is 19.4 Å². The third-order valence-electron chi connectivity index (χ3n) is 3.29. The molecule has 2 N–H and O–H groups in total. The molecule has 2 rings (SSSR count). The van der Waals surface area contributed by atoms with Crippen LogP contribution >= 0.6 is 11.3 Å². The number of methoxy groups -OCH3 is 2. The first-order valence-electron chi connectivity index (χ1n) is 7.10. The first-order valence-corrected chi connectivity index (χ1v) is 7.98. The van der Waals surface area contributed by atoms with Gasteiger partial charge in [-0.3, -0.25) is 4.40 Å². The van der Waals surface area contributed by atoms with E-state index in [4.69, 9.17) is 20.2 Å². The Labute approximate surface area is 129 Å². The normalized spacial score (nSPS) is 13.0. The predicted octanol–water partition coefficient (Wildman–Crippen LogP) is 1.38. The van der Waals surface area contributed by atoms with Crippen molar-refractivity contribution in [3.05, 3.63) is 17.3 Å². The van der Waals surface area contributed by atoms with Crippen molar-refractivity contribution in [3.63, 3.8) is 0 Å². The Bertz CT molecular complexity index is 544. The summed E-state index contributed by atoms with van der Waals surface area (Å²) in [7, 11) is 3.42. The summed E-state index contributed by atoms with van der Waals surface area (Å²) in [6.07, 6.45) is 2.85. The van der Waals surface area contributed by atoms with Crippen molar-refractivity contribution in [3.8, 4) is 0 Å². The Morgan fingerprint density at radius 2 is 2.00 bits per heavy atom. The van der Waals surface area contributed by atoms with E-state index in [0.717, 1.165) is 36.0 Å². The van der Waals surface area contributed by atoms with E-state index in [1.54, 1.807) is 25.6 Å². The van der Waals surface area contributed by atoms with Gasteiger partial charge in [-0.2, -0.15) is 0 Å². The van der Waals surface area contributed by atoms with Gasteiger partial charge in [-0.15, -0.1) is 11.3 Å². The SMILES string of the molecule is COCCN(CCOC)c1nc2sccn2c1CC(C)N. The van der Waals surface area contributed by atoms with Crippen LogP contribution in [0.4, 0.5) is 5.82 Å².